The van der Waals surface area contributed by atoms with E-state index in [1.54, 1.807) is 4.90 Å². The van der Waals surface area contributed by atoms with Gasteiger partial charge in [-0.15, -0.1) is 0 Å². The van der Waals surface area contributed by atoms with Gasteiger partial charge in [0, 0.05) is 0 Å². The van der Waals surface area contributed by atoms with Crippen LogP contribution >= 0.6 is 34.2 Å². The second-order valence-corrected chi connectivity index (χ2v) is 4.81. The first kappa shape index (κ1) is 12.7. The van der Waals surface area contributed by atoms with E-state index in [-0.39, 0.29) is 5.29 Å². The van der Waals surface area contributed by atoms with Crippen molar-refractivity contribution in [3.8, 4) is 0 Å². The average molecular weight is 468 g/mol. The van der Waals surface area contributed by atoms with Crippen LogP contribution in [0.1, 0.15) is 0 Å². The number of halogens is 2. The zero-order chi connectivity index (χ0) is 9.56. The summed E-state index contributed by atoms with van der Waals surface area (Å²) in [7, 11) is 3.65. The molecular formula is C6H8ClIN3W-. The van der Waals surface area contributed by atoms with Crippen LogP contribution in [0.2, 0.25) is 0 Å². The molecule has 68 valence electrons. The number of amidine groups is 1. The van der Waals surface area contributed by atoms with E-state index in [4.69, 9.17) is 11.6 Å². The molecule has 0 atom stereocenters. The molecule has 0 bridgehead atoms. The third kappa shape index (κ3) is 7.37. The van der Waals surface area contributed by atoms with Crippen LogP contribution in [-0.2, 0) is 19.4 Å². The van der Waals surface area contributed by atoms with Crippen LogP contribution in [0.25, 0.3) is 0 Å². The van der Waals surface area contributed by atoms with Gasteiger partial charge < -0.3 is 0 Å². The summed E-state index contributed by atoms with van der Waals surface area (Å²) >= 11 is 9.23. The molecular weight excluding hydrogens is 460 g/mol. The van der Waals surface area contributed by atoms with E-state index in [2.05, 4.69) is 38.9 Å². The van der Waals surface area contributed by atoms with Crippen molar-refractivity contribution in [1.82, 2.24) is 4.90 Å². The number of hydrogen-bond acceptors (Lipinski definition) is 1. The SMILES string of the molecule is CN(C)[C-]=NC(Cl)=N[C](=[W])CI. The first-order chi connectivity index (χ1) is 5.56. The second-order valence-electron chi connectivity index (χ2n) is 2.01. The summed E-state index contributed by atoms with van der Waals surface area (Å²) in [6, 6.07) is 0. The summed E-state index contributed by atoms with van der Waals surface area (Å²) < 4.78 is 1.92. The Morgan fingerprint density at radius 3 is 2.67 bits per heavy atom. The fraction of sp³-hybridized carbons (Fsp3) is 0.500. The Morgan fingerprint density at radius 2 is 2.25 bits per heavy atom. The predicted octanol–water partition coefficient (Wildman–Crippen LogP) is 1.16. The Bertz CT molecular complexity index is 215. The topological polar surface area (TPSA) is 28.0 Å². The van der Waals surface area contributed by atoms with Gasteiger partial charge in [0.2, 0.25) is 0 Å². The van der Waals surface area contributed by atoms with Gasteiger partial charge in [0.1, 0.15) is 0 Å². The van der Waals surface area contributed by atoms with Gasteiger partial charge in [-0.1, -0.05) is 0 Å². The van der Waals surface area contributed by atoms with Crippen LogP contribution in [0.3, 0.4) is 0 Å². The molecule has 0 unspecified atom stereocenters. The molecule has 0 aromatic heterocycles. The van der Waals surface area contributed by atoms with Gasteiger partial charge in [0.05, 0.1) is 0 Å². The summed E-state index contributed by atoms with van der Waals surface area (Å²) in [6.07, 6.45) is 2.66. The molecule has 0 aliphatic carbocycles. The molecule has 0 saturated heterocycles. The molecule has 0 N–H and O–H groups in total. The monoisotopic (exact) mass is 468 g/mol. The summed E-state index contributed by atoms with van der Waals surface area (Å²) in [4.78, 5) is 9.52. The Kier molecular flexibility index (Phi) is 7.58. The van der Waals surface area contributed by atoms with E-state index < -0.39 is 0 Å². The first-order valence-corrected chi connectivity index (χ1v) is 6.40. The van der Waals surface area contributed by atoms with Gasteiger partial charge in [-0.3, -0.25) is 0 Å². The van der Waals surface area contributed by atoms with Gasteiger partial charge in [-0.2, -0.15) is 0 Å². The summed E-state index contributed by atoms with van der Waals surface area (Å²) in [5.41, 5.74) is 0. The van der Waals surface area contributed by atoms with E-state index in [1.807, 2.05) is 14.1 Å². The molecule has 0 fully saturated rings. The van der Waals surface area contributed by atoms with E-state index in [1.165, 1.54) is 19.4 Å². The Labute approximate surface area is 102 Å². The van der Waals surface area contributed by atoms with E-state index in [0.29, 0.717) is 0 Å². The van der Waals surface area contributed by atoms with Gasteiger partial charge >= 0.3 is 103 Å². The number of rotatable bonds is 3. The predicted molar refractivity (Wildman–Crippen MR) is 58.3 cm³/mol. The molecule has 0 aromatic rings. The van der Waals surface area contributed by atoms with Gasteiger partial charge in [0.25, 0.3) is 0 Å². The third-order valence-electron chi connectivity index (χ3n) is 0.674. The Hall–Kier alpha value is 0.718. The molecule has 3 nitrogen and oxygen atoms in total. The summed E-state index contributed by atoms with van der Waals surface area (Å²) in [5.74, 6) is 0. The zero-order valence-electron chi connectivity index (χ0n) is 6.71. The maximum absolute atomic E-state index is 5.68. The van der Waals surface area contributed by atoms with E-state index in [9.17, 15) is 0 Å². The molecule has 12 heavy (non-hydrogen) atoms. The quantitative estimate of drug-likeness (QED) is 0.116. The molecule has 0 aromatic carbocycles. The van der Waals surface area contributed by atoms with Crippen molar-refractivity contribution in [2.75, 3.05) is 18.5 Å². The van der Waals surface area contributed by atoms with Crippen molar-refractivity contribution in [1.29, 1.82) is 0 Å². The number of aliphatic imine (C=N–C) groups is 2. The van der Waals surface area contributed by atoms with Crippen LogP contribution in [-0.4, -0.2) is 39.1 Å². The van der Waals surface area contributed by atoms with E-state index in [0.717, 1.165) is 8.45 Å². The second kappa shape index (κ2) is 7.15. The molecule has 0 aliphatic heterocycles. The maximum atomic E-state index is 5.68. The molecule has 0 radical (unpaired) electrons. The minimum atomic E-state index is 0.241. The Morgan fingerprint density at radius 1 is 1.67 bits per heavy atom. The summed E-state index contributed by atoms with van der Waals surface area (Å²) in [6.45, 7) is 0. The molecule has 0 saturated carbocycles. The van der Waals surface area contributed by atoms with Crippen molar-refractivity contribution in [3.63, 3.8) is 0 Å². The van der Waals surface area contributed by atoms with Crippen molar-refractivity contribution >= 4 is 49.8 Å². The van der Waals surface area contributed by atoms with Crippen molar-refractivity contribution in [3.05, 3.63) is 0 Å². The molecule has 6 heteroatoms. The molecule has 0 amide bonds. The van der Waals surface area contributed by atoms with Crippen LogP contribution in [0.5, 0.6) is 0 Å². The number of hydrogen-bond donors (Lipinski definition) is 0. The molecule has 0 aliphatic rings. The van der Waals surface area contributed by atoms with Gasteiger partial charge in [-0.05, 0) is 0 Å². The van der Waals surface area contributed by atoms with Gasteiger partial charge in [0.15, 0.2) is 0 Å². The van der Waals surface area contributed by atoms with Crippen LogP contribution < -0.4 is 0 Å². The molecule has 0 spiro atoms. The Balaban J connectivity index is 4.11. The average Bonchev–Trinajstić information content (AvgIpc) is 2.00. The minimum absolute atomic E-state index is 0.241. The fourth-order valence-electron chi connectivity index (χ4n) is 0.299. The fourth-order valence-corrected chi connectivity index (χ4v) is 1.12. The van der Waals surface area contributed by atoms with Gasteiger partial charge in [-0.25, -0.2) is 0 Å². The van der Waals surface area contributed by atoms with Crippen LogP contribution in [0.15, 0.2) is 9.98 Å². The zero-order valence-corrected chi connectivity index (χ0v) is 12.6. The summed E-state index contributed by atoms with van der Waals surface area (Å²) in [5, 5.41) is 0.241. The van der Waals surface area contributed by atoms with Crippen molar-refractivity contribution < 1.29 is 19.4 Å². The van der Waals surface area contributed by atoms with Crippen molar-refractivity contribution in [2.45, 2.75) is 0 Å². The standard InChI is InChI=1S/C6H8ClIN3.W/c1-11(2)5-10-6(7)9-4-3-8;/h3H2,1-2H3;/q-1;. The normalized spacial score (nSPS) is 12.2. The van der Waals surface area contributed by atoms with Crippen molar-refractivity contribution in [2.24, 2.45) is 9.98 Å². The van der Waals surface area contributed by atoms with Crippen LogP contribution in [0, 0.1) is 0 Å². The molecule has 0 heterocycles. The number of nitrogens with zero attached hydrogens (tertiary/aromatic N) is 3. The third-order valence-corrected chi connectivity index (χ3v) is 4.45. The number of alkyl halides is 1. The first-order valence-electron chi connectivity index (χ1n) is 3.03. The van der Waals surface area contributed by atoms with Crippen LogP contribution in [0.4, 0.5) is 0 Å². The van der Waals surface area contributed by atoms with E-state index >= 15 is 0 Å². The molecule has 0 rings (SSSR count).